The molecule has 0 radical (unpaired) electrons. The third kappa shape index (κ3) is 3.84. The number of aromatic nitrogens is 1. The molecule has 0 amide bonds. The summed E-state index contributed by atoms with van der Waals surface area (Å²) in [5, 5.41) is 1.26. The van der Waals surface area contributed by atoms with Gasteiger partial charge in [0.2, 0.25) is 0 Å². The number of nitrogens with two attached hydrogens (primary N) is 2. The summed E-state index contributed by atoms with van der Waals surface area (Å²) in [5.41, 5.74) is 14.9. The number of nitrogens with one attached hydrogen (secondary N) is 1. The summed E-state index contributed by atoms with van der Waals surface area (Å²) >= 11 is 0. The van der Waals surface area contributed by atoms with Gasteiger partial charge in [0.1, 0.15) is 0 Å². The largest absolute Gasteiger partial charge is 0.361 e. The minimum atomic E-state index is 0.0378. The monoisotopic (exact) mass is 273 g/mol. The van der Waals surface area contributed by atoms with Crippen molar-refractivity contribution in [2.24, 2.45) is 11.5 Å². The maximum absolute atomic E-state index is 6.28. The third-order valence-corrected chi connectivity index (χ3v) is 4.07. The summed E-state index contributed by atoms with van der Waals surface area (Å²) in [5.74, 6) is 0. The van der Waals surface area contributed by atoms with Crippen LogP contribution in [0.15, 0.2) is 30.5 Å². The van der Waals surface area contributed by atoms with Crippen molar-refractivity contribution in [2.75, 3.05) is 0 Å². The molecule has 1 aromatic carbocycles. The molecule has 1 heterocycles. The van der Waals surface area contributed by atoms with Gasteiger partial charge in [0.15, 0.2) is 0 Å². The van der Waals surface area contributed by atoms with Gasteiger partial charge in [-0.05, 0) is 24.5 Å². The van der Waals surface area contributed by atoms with E-state index in [1.807, 2.05) is 6.07 Å². The molecule has 2 aromatic rings. The Balaban J connectivity index is 1.88. The Morgan fingerprint density at radius 1 is 1.05 bits per heavy atom. The van der Waals surface area contributed by atoms with Gasteiger partial charge in [-0.15, -0.1) is 0 Å². The first kappa shape index (κ1) is 15.1. The van der Waals surface area contributed by atoms with Gasteiger partial charge in [0.05, 0.1) is 0 Å². The van der Waals surface area contributed by atoms with E-state index in [2.05, 4.69) is 36.3 Å². The van der Waals surface area contributed by atoms with E-state index in [1.165, 1.54) is 42.1 Å². The second kappa shape index (κ2) is 7.46. The van der Waals surface area contributed by atoms with Crippen LogP contribution in [-0.4, -0.2) is 17.1 Å². The molecule has 0 spiro atoms. The lowest BCUT2D eigenvalue weighted by Gasteiger charge is -2.19. The molecule has 0 aliphatic carbocycles. The quantitative estimate of drug-likeness (QED) is 0.646. The zero-order valence-corrected chi connectivity index (χ0v) is 12.4. The highest BCUT2D eigenvalue weighted by Crippen LogP contribution is 2.19. The molecular weight excluding hydrogens is 246 g/mol. The van der Waals surface area contributed by atoms with Crippen LogP contribution in [0.2, 0.25) is 0 Å². The highest BCUT2D eigenvalue weighted by molar-refractivity contribution is 5.83. The second-order valence-electron chi connectivity index (χ2n) is 5.74. The van der Waals surface area contributed by atoms with E-state index >= 15 is 0 Å². The van der Waals surface area contributed by atoms with E-state index in [-0.39, 0.29) is 12.1 Å². The smallest absolute Gasteiger partial charge is 0.0456 e. The first-order valence-electron chi connectivity index (χ1n) is 7.78. The minimum absolute atomic E-state index is 0.0378. The van der Waals surface area contributed by atoms with Crippen molar-refractivity contribution < 1.29 is 0 Å². The summed E-state index contributed by atoms with van der Waals surface area (Å²) < 4.78 is 0. The van der Waals surface area contributed by atoms with Gasteiger partial charge in [-0.25, -0.2) is 0 Å². The van der Waals surface area contributed by atoms with Gasteiger partial charge in [0.25, 0.3) is 0 Å². The average molecular weight is 273 g/mol. The van der Waals surface area contributed by atoms with Gasteiger partial charge >= 0.3 is 0 Å². The van der Waals surface area contributed by atoms with E-state index in [1.54, 1.807) is 0 Å². The molecule has 0 fully saturated rings. The number of fused-ring (bicyclic) bond motifs is 1. The van der Waals surface area contributed by atoms with E-state index in [9.17, 15) is 0 Å². The van der Waals surface area contributed by atoms with E-state index in [0.29, 0.717) is 0 Å². The zero-order chi connectivity index (χ0) is 14.4. The Morgan fingerprint density at radius 2 is 1.85 bits per heavy atom. The van der Waals surface area contributed by atoms with E-state index < -0.39 is 0 Å². The number of aromatic amines is 1. The Labute approximate surface area is 121 Å². The molecular formula is C17H27N3. The summed E-state index contributed by atoms with van der Waals surface area (Å²) in [6.07, 6.45) is 8.96. The SMILES string of the molecule is CCCCCCC(N)C(N)Cc1c[nH]c2ccccc12. The number of benzene rings is 1. The standard InChI is InChI=1S/C17H27N3/c1-2-3-4-5-9-15(18)16(19)11-13-12-20-17-10-7-6-8-14(13)17/h6-8,10,12,15-16,20H,2-5,9,11,18-19H2,1H3. The normalized spacial score (nSPS) is 14.6. The van der Waals surface area contributed by atoms with Gasteiger partial charge < -0.3 is 16.5 Å². The van der Waals surface area contributed by atoms with Crippen LogP contribution in [0.25, 0.3) is 10.9 Å². The molecule has 20 heavy (non-hydrogen) atoms. The van der Waals surface area contributed by atoms with Crippen LogP contribution in [-0.2, 0) is 6.42 Å². The van der Waals surface area contributed by atoms with Crippen molar-refractivity contribution in [3.05, 3.63) is 36.0 Å². The fourth-order valence-corrected chi connectivity index (χ4v) is 2.73. The van der Waals surface area contributed by atoms with Gasteiger partial charge in [0, 0.05) is 29.2 Å². The van der Waals surface area contributed by atoms with Crippen molar-refractivity contribution >= 4 is 10.9 Å². The van der Waals surface area contributed by atoms with Crippen molar-refractivity contribution in [1.29, 1.82) is 0 Å². The fourth-order valence-electron chi connectivity index (χ4n) is 2.73. The van der Waals surface area contributed by atoms with Gasteiger partial charge in [-0.2, -0.15) is 0 Å². The summed E-state index contributed by atoms with van der Waals surface area (Å²) in [4.78, 5) is 3.30. The van der Waals surface area contributed by atoms with E-state index in [0.717, 1.165) is 12.8 Å². The van der Waals surface area contributed by atoms with Crippen LogP contribution >= 0.6 is 0 Å². The zero-order valence-electron chi connectivity index (χ0n) is 12.4. The van der Waals surface area contributed by atoms with Crippen LogP contribution in [0.1, 0.15) is 44.6 Å². The Morgan fingerprint density at radius 3 is 2.65 bits per heavy atom. The number of hydrogen-bond acceptors (Lipinski definition) is 2. The molecule has 5 N–H and O–H groups in total. The van der Waals surface area contributed by atoms with Crippen LogP contribution in [0.5, 0.6) is 0 Å². The Kier molecular flexibility index (Phi) is 5.62. The third-order valence-electron chi connectivity index (χ3n) is 4.07. The number of unbranched alkanes of at least 4 members (excludes halogenated alkanes) is 3. The van der Waals surface area contributed by atoms with Gasteiger partial charge in [-0.3, -0.25) is 0 Å². The maximum Gasteiger partial charge on any atom is 0.0456 e. The number of hydrogen-bond donors (Lipinski definition) is 3. The molecule has 0 saturated carbocycles. The molecule has 3 heteroatoms. The van der Waals surface area contributed by atoms with Crippen LogP contribution in [0.4, 0.5) is 0 Å². The lowest BCUT2D eigenvalue weighted by molar-refractivity contribution is 0.467. The lowest BCUT2D eigenvalue weighted by atomic mass is 9.96. The van der Waals surface area contributed by atoms with Crippen LogP contribution in [0, 0.1) is 0 Å². The van der Waals surface area contributed by atoms with Crippen molar-refractivity contribution in [1.82, 2.24) is 4.98 Å². The van der Waals surface area contributed by atoms with Gasteiger partial charge in [-0.1, -0.05) is 50.8 Å². The molecule has 0 bridgehead atoms. The highest BCUT2D eigenvalue weighted by Gasteiger charge is 2.15. The molecule has 2 rings (SSSR count). The van der Waals surface area contributed by atoms with Crippen molar-refractivity contribution in [2.45, 2.75) is 57.5 Å². The molecule has 2 unspecified atom stereocenters. The highest BCUT2D eigenvalue weighted by atomic mass is 14.8. The minimum Gasteiger partial charge on any atom is -0.361 e. The van der Waals surface area contributed by atoms with E-state index in [4.69, 9.17) is 11.5 Å². The van der Waals surface area contributed by atoms with Crippen molar-refractivity contribution in [3.63, 3.8) is 0 Å². The molecule has 2 atom stereocenters. The molecule has 0 saturated heterocycles. The second-order valence-corrected chi connectivity index (χ2v) is 5.74. The maximum atomic E-state index is 6.28. The summed E-state index contributed by atoms with van der Waals surface area (Å²) in [6.45, 7) is 2.22. The summed E-state index contributed by atoms with van der Waals surface area (Å²) in [7, 11) is 0. The first-order chi connectivity index (χ1) is 9.72. The molecule has 0 aliphatic heterocycles. The average Bonchev–Trinajstić information content (AvgIpc) is 2.87. The number of para-hydroxylation sites is 1. The fraction of sp³-hybridized carbons (Fsp3) is 0.529. The number of H-pyrrole nitrogens is 1. The Bertz CT molecular complexity index is 518. The topological polar surface area (TPSA) is 67.8 Å². The summed E-state index contributed by atoms with van der Waals surface area (Å²) in [6, 6.07) is 8.48. The predicted octanol–water partition coefficient (Wildman–Crippen LogP) is 3.34. The lowest BCUT2D eigenvalue weighted by Crippen LogP contribution is -2.42. The van der Waals surface area contributed by atoms with Crippen LogP contribution in [0.3, 0.4) is 0 Å². The molecule has 110 valence electrons. The first-order valence-corrected chi connectivity index (χ1v) is 7.78. The molecule has 0 aliphatic rings. The Hall–Kier alpha value is -1.32. The van der Waals surface area contributed by atoms with Crippen LogP contribution < -0.4 is 11.5 Å². The molecule has 1 aromatic heterocycles. The number of rotatable bonds is 8. The molecule has 3 nitrogen and oxygen atoms in total. The predicted molar refractivity (Wildman–Crippen MR) is 86.7 cm³/mol. The van der Waals surface area contributed by atoms with Crippen molar-refractivity contribution in [3.8, 4) is 0 Å².